The maximum atomic E-state index is 12.0. The third-order valence-electron chi connectivity index (χ3n) is 3.36. The largest absolute Gasteiger partial charge is 0.459 e. The van der Waals surface area contributed by atoms with Gasteiger partial charge in [0, 0.05) is 23.6 Å². The number of carbonyl (C=O) groups excluding carboxylic acids is 1. The van der Waals surface area contributed by atoms with Crippen molar-refractivity contribution in [3.63, 3.8) is 0 Å². The highest BCUT2D eigenvalue weighted by atomic mass is 16.3. The first-order valence-electron chi connectivity index (χ1n) is 7.60. The summed E-state index contributed by atoms with van der Waals surface area (Å²) in [5.74, 6) is 0.599. The van der Waals surface area contributed by atoms with E-state index in [0.29, 0.717) is 18.2 Å². The Hall–Kier alpha value is -3.15. The molecule has 0 fully saturated rings. The first-order valence-corrected chi connectivity index (χ1v) is 7.60. The summed E-state index contributed by atoms with van der Waals surface area (Å²) in [5, 5.41) is 6.01. The average Bonchev–Trinajstić information content (AvgIpc) is 3.07. The molecule has 0 unspecified atom stereocenters. The van der Waals surface area contributed by atoms with E-state index in [-0.39, 0.29) is 11.7 Å². The summed E-state index contributed by atoms with van der Waals surface area (Å²) < 4.78 is 5.08. The molecule has 0 radical (unpaired) electrons. The van der Waals surface area contributed by atoms with Crippen LogP contribution in [0.15, 0.2) is 53.1 Å². The van der Waals surface area contributed by atoms with Crippen molar-refractivity contribution in [2.24, 2.45) is 0 Å². The summed E-state index contributed by atoms with van der Waals surface area (Å²) in [6.45, 7) is 4.43. The van der Waals surface area contributed by atoms with Crippen LogP contribution in [-0.4, -0.2) is 15.9 Å². The molecular formula is C18H18N4O2. The summed E-state index contributed by atoms with van der Waals surface area (Å²) in [6, 6.07) is 12.8. The molecule has 0 saturated heterocycles. The molecule has 122 valence electrons. The maximum absolute atomic E-state index is 12.0. The normalized spacial score (nSPS) is 10.4. The van der Waals surface area contributed by atoms with Gasteiger partial charge in [0.05, 0.1) is 6.26 Å². The molecule has 2 N–H and O–H groups in total. The summed E-state index contributed by atoms with van der Waals surface area (Å²) in [6.07, 6.45) is 1.47. The number of benzene rings is 1. The number of anilines is 2. The van der Waals surface area contributed by atoms with Crippen LogP contribution >= 0.6 is 0 Å². The number of nitrogens with one attached hydrogen (secondary N) is 2. The molecule has 0 aliphatic carbocycles. The number of aryl methyl sites for hydroxylation is 2. The molecule has 0 bridgehead atoms. The van der Waals surface area contributed by atoms with E-state index in [1.807, 2.05) is 44.2 Å². The predicted octanol–water partition coefficient (Wildman–Crippen LogP) is 3.55. The van der Waals surface area contributed by atoms with Gasteiger partial charge in [0.15, 0.2) is 5.76 Å². The van der Waals surface area contributed by atoms with Gasteiger partial charge < -0.3 is 15.1 Å². The maximum Gasteiger partial charge on any atom is 0.291 e. The first-order chi connectivity index (χ1) is 11.6. The van der Waals surface area contributed by atoms with Crippen LogP contribution in [0.5, 0.6) is 0 Å². The van der Waals surface area contributed by atoms with Gasteiger partial charge in [-0.1, -0.05) is 12.1 Å². The van der Waals surface area contributed by atoms with Gasteiger partial charge in [0.1, 0.15) is 0 Å². The lowest BCUT2D eigenvalue weighted by atomic mass is 10.2. The van der Waals surface area contributed by atoms with E-state index in [1.165, 1.54) is 6.26 Å². The third kappa shape index (κ3) is 3.98. The van der Waals surface area contributed by atoms with Crippen molar-refractivity contribution < 1.29 is 9.21 Å². The Morgan fingerprint density at radius 2 is 1.88 bits per heavy atom. The first kappa shape index (κ1) is 15.7. The van der Waals surface area contributed by atoms with Gasteiger partial charge in [-0.2, -0.15) is 0 Å². The van der Waals surface area contributed by atoms with E-state index in [4.69, 9.17) is 4.42 Å². The minimum Gasteiger partial charge on any atom is -0.459 e. The lowest BCUT2D eigenvalue weighted by Crippen LogP contribution is -2.11. The Balaban J connectivity index is 1.65. The quantitative estimate of drug-likeness (QED) is 0.751. The van der Waals surface area contributed by atoms with Crippen LogP contribution in [0, 0.1) is 13.8 Å². The van der Waals surface area contributed by atoms with Gasteiger partial charge in [-0.3, -0.25) is 4.79 Å². The lowest BCUT2D eigenvalue weighted by molar-refractivity contribution is 0.0996. The molecule has 0 aliphatic heterocycles. The molecule has 2 heterocycles. The fourth-order valence-corrected chi connectivity index (χ4v) is 2.35. The molecule has 0 spiro atoms. The van der Waals surface area contributed by atoms with E-state index < -0.39 is 0 Å². The SMILES string of the molecule is Cc1cc(C)nc(NCc2cccc(NC(=O)c3ccco3)c2)n1. The second-order valence-corrected chi connectivity index (χ2v) is 5.46. The monoisotopic (exact) mass is 322 g/mol. The van der Waals surface area contributed by atoms with Crippen molar-refractivity contribution in [2.75, 3.05) is 10.6 Å². The molecule has 3 rings (SSSR count). The Bertz CT molecular complexity index is 824. The molecule has 6 heteroatoms. The highest BCUT2D eigenvalue weighted by Gasteiger charge is 2.08. The lowest BCUT2D eigenvalue weighted by Gasteiger charge is -2.09. The van der Waals surface area contributed by atoms with Crippen molar-refractivity contribution in [1.29, 1.82) is 0 Å². The van der Waals surface area contributed by atoms with Crippen LogP contribution in [0.2, 0.25) is 0 Å². The smallest absolute Gasteiger partial charge is 0.291 e. The van der Waals surface area contributed by atoms with Crippen LogP contribution in [0.25, 0.3) is 0 Å². The average molecular weight is 322 g/mol. The van der Waals surface area contributed by atoms with Crippen molar-refractivity contribution in [2.45, 2.75) is 20.4 Å². The van der Waals surface area contributed by atoms with Gasteiger partial charge in [0.25, 0.3) is 5.91 Å². The highest BCUT2D eigenvalue weighted by Crippen LogP contribution is 2.14. The Labute approximate surface area is 140 Å². The van der Waals surface area contributed by atoms with Crippen LogP contribution in [0.4, 0.5) is 11.6 Å². The summed E-state index contributed by atoms with van der Waals surface area (Å²) >= 11 is 0. The fourth-order valence-electron chi connectivity index (χ4n) is 2.35. The minimum absolute atomic E-state index is 0.275. The molecule has 1 aromatic carbocycles. The van der Waals surface area contributed by atoms with Crippen molar-refractivity contribution >= 4 is 17.5 Å². The van der Waals surface area contributed by atoms with E-state index >= 15 is 0 Å². The van der Waals surface area contributed by atoms with Crippen LogP contribution in [-0.2, 0) is 6.54 Å². The number of carbonyl (C=O) groups is 1. The van der Waals surface area contributed by atoms with Gasteiger partial charge in [0.2, 0.25) is 5.95 Å². The molecular weight excluding hydrogens is 304 g/mol. The number of nitrogens with zero attached hydrogens (tertiary/aromatic N) is 2. The van der Waals surface area contributed by atoms with Crippen LogP contribution < -0.4 is 10.6 Å². The molecule has 2 aromatic heterocycles. The van der Waals surface area contributed by atoms with E-state index in [0.717, 1.165) is 17.0 Å². The molecule has 6 nitrogen and oxygen atoms in total. The van der Waals surface area contributed by atoms with Gasteiger partial charge in [-0.15, -0.1) is 0 Å². The zero-order valence-corrected chi connectivity index (χ0v) is 13.5. The highest BCUT2D eigenvalue weighted by molar-refractivity contribution is 6.02. The number of furan rings is 1. The van der Waals surface area contributed by atoms with E-state index in [1.54, 1.807) is 12.1 Å². The second kappa shape index (κ2) is 6.95. The van der Waals surface area contributed by atoms with Crippen LogP contribution in [0.1, 0.15) is 27.5 Å². The van der Waals surface area contributed by atoms with Gasteiger partial charge in [-0.25, -0.2) is 9.97 Å². The number of hydrogen-bond donors (Lipinski definition) is 2. The van der Waals surface area contributed by atoms with Crippen molar-refractivity contribution in [3.05, 3.63) is 71.4 Å². The molecule has 3 aromatic rings. The van der Waals surface area contributed by atoms with Gasteiger partial charge in [-0.05, 0) is 49.7 Å². The summed E-state index contributed by atoms with van der Waals surface area (Å²) in [7, 11) is 0. The number of hydrogen-bond acceptors (Lipinski definition) is 5. The Morgan fingerprint density at radius 3 is 2.58 bits per heavy atom. The zero-order valence-electron chi connectivity index (χ0n) is 13.5. The topological polar surface area (TPSA) is 80.0 Å². The summed E-state index contributed by atoms with van der Waals surface area (Å²) in [5.41, 5.74) is 3.56. The molecule has 0 saturated carbocycles. The van der Waals surface area contributed by atoms with Crippen molar-refractivity contribution in [1.82, 2.24) is 9.97 Å². The standard InChI is InChI=1S/C18H18N4O2/c1-12-9-13(2)21-18(20-12)19-11-14-5-3-6-15(10-14)22-17(23)16-7-4-8-24-16/h3-10H,11H2,1-2H3,(H,22,23)(H,19,20,21). The Morgan fingerprint density at radius 1 is 1.08 bits per heavy atom. The molecule has 0 atom stereocenters. The van der Waals surface area contributed by atoms with Crippen molar-refractivity contribution in [3.8, 4) is 0 Å². The van der Waals surface area contributed by atoms with Gasteiger partial charge >= 0.3 is 0 Å². The van der Waals surface area contributed by atoms with E-state index in [2.05, 4.69) is 20.6 Å². The molecule has 24 heavy (non-hydrogen) atoms. The van der Waals surface area contributed by atoms with E-state index in [9.17, 15) is 4.79 Å². The summed E-state index contributed by atoms with van der Waals surface area (Å²) in [4.78, 5) is 20.7. The predicted molar refractivity (Wildman–Crippen MR) is 91.9 cm³/mol. The molecule has 1 amide bonds. The number of aromatic nitrogens is 2. The second-order valence-electron chi connectivity index (χ2n) is 5.46. The fraction of sp³-hybridized carbons (Fsp3) is 0.167. The third-order valence-corrected chi connectivity index (χ3v) is 3.36. The minimum atomic E-state index is -0.275. The van der Waals surface area contributed by atoms with Crippen LogP contribution in [0.3, 0.4) is 0 Å². The Kier molecular flexibility index (Phi) is 4.56. The number of amides is 1. The zero-order chi connectivity index (χ0) is 16.9. The molecule has 0 aliphatic rings. The number of rotatable bonds is 5.